The predicted octanol–water partition coefficient (Wildman–Crippen LogP) is 7.23. The molecule has 0 bridgehead atoms. The maximum Gasteiger partial charge on any atom is 0.221 e. The zero-order valence-corrected chi connectivity index (χ0v) is 22.1. The zero-order valence-electron chi connectivity index (χ0n) is 21.3. The molecule has 184 valence electrons. The summed E-state index contributed by atoms with van der Waals surface area (Å²) < 4.78 is 4.47. The van der Waals surface area contributed by atoms with E-state index in [9.17, 15) is 0 Å². The number of aryl methyl sites for hydroxylation is 1. The van der Waals surface area contributed by atoms with E-state index in [4.69, 9.17) is 21.6 Å². The Morgan fingerprint density at radius 3 is 2.60 bits per heavy atom. The molecule has 0 amide bonds. The Kier molecular flexibility index (Phi) is 8.42. The van der Waals surface area contributed by atoms with E-state index in [-0.39, 0.29) is 0 Å². The molecule has 1 aromatic carbocycles. The lowest BCUT2D eigenvalue weighted by Gasteiger charge is -2.22. The summed E-state index contributed by atoms with van der Waals surface area (Å²) in [5.74, 6) is 0.903. The Morgan fingerprint density at radius 2 is 1.89 bits per heavy atom. The van der Waals surface area contributed by atoms with Crippen LogP contribution in [0.2, 0.25) is 0 Å². The molecule has 0 saturated heterocycles. The molecule has 0 atom stereocenters. The van der Waals surface area contributed by atoms with Crippen molar-refractivity contribution >= 4 is 34.2 Å². The van der Waals surface area contributed by atoms with Crippen molar-refractivity contribution in [3.05, 3.63) is 82.8 Å². The SMILES string of the molecule is C/C=C(\C/C(Cl)=C\CC)n1c2ncccc2n2c(CN(CCC)CCc3ccccc3)c(C)nc12. The van der Waals surface area contributed by atoms with E-state index in [1.165, 1.54) is 11.3 Å². The van der Waals surface area contributed by atoms with Gasteiger partial charge in [0.2, 0.25) is 5.78 Å². The number of halogens is 1. The molecule has 6 heteroatoms. The van der Waals surface area contributed by atoms with Crippen LogP contribution in [-0.2, 0) is 13.0 Å². The van der Waals surface area contributed by atoms with E-state index in [0.717, 1.165) is 72.3 Å². The number of aromatic nitrogens is 4. The van der Waals surface area contributed by atoms with Crippen LogP contribution >= 0.6 is 11.6 Å². The number of hydrogen-bond donors (Lipinski definition) is 0. The van der Waals surface area contributed by atoms with Gasteiger partial charge in [0.1, 0.15) is 0 Å². The highest BCUT2D eigenvalue weighted by atomic mass is 35.5. The predicted molar refractivity (Wildman–Crippen MR) is 148 cm³/mol. The van der Waals surface area contributed by atoms with E-state index < -0.39 is 0 Å². The summed E-state index contributed by atoms with van der Waals surface area (Å²) in [6.45, 7) is 11.4. The number of benzene rings is 1. The molecule has 0 saturated carbocycles. The van der Waals surface area contributed by atoms with Gasteiger partial charge in [0.25, 0.3) is 0 Å². The molecule has 3 aromatic heterocycles. The second-order valence-electron chi connectivity index (χ2n) is 8.99. The van der Waals surface area contributed by atoms with Gasteiger partial charge in [0.05, 0.1) is 16.9 Å². The van der Waals surface area contributed by atoms with Crippen LogP contribution < -0.4 is 0 Å². The summed E-state index contributed by atoms with van der Waals surface area (Å²) in [5.41, 5.74) is 6.74. The first kappa shape index (κ1) is 25.2. The number of nitrogens with zero attached hydrogens (tertiary/aromatic N) is 5. The topological polar surface area (TPSA) is 38.4 Å². The summed E-state index contributed by atoms with van der Waals surface area (Å²) >= 11 is 6.55. The maximum atomic E-state index is 6.55. The third-order valence-corrected chi connectivity index (χ3v) is 6.73. The second-order valence-corrected chi connectivity index (χ2v) is 9.47. The molecule has 35 heavy (non-hydrogen) atoms. The first-order valence-corrected chi connectivity index (χ1v) is 13.0. The minimum atomic E-state index is 0.655. The molecule has 0 N–H and O–H groups in total. The van der Waals surface area contributed by atoms with Crippen molar-refractivity contribution in [1.29, 1.82) is 0 Å². The molecule has 3 heterocycles. The highest BCUT2D eigenvalue weighted by molar-refractivity contribution is 6.30. The van der Waals surface area contributed by atoms with Gasteiger partial charge in [0.15, 0.2) is 5.65 Å². The molecular formula is C29H36ClN5. The van der Waals surface area contributed by atoms with Gasteiger partial charge < -0.3 is 0 Å². The molecule has 4 aromatic rings. The van der Waals surface area contributed by atoms with E-state index in [1.807, 2.05) is 12.3 Å². The molecule has 0 aliphatic carbocycles. The summed E-state index contributed by atoms with van der Waals surface area (Å²) in [6.07, 6.45) is 9.76. The fourth-order valence-electron chi connectivity index (χ4n) is 4.74. The Hall–Kier alpha value is -2.89. The van der Waals surface area contributed by atoms with E-state index in [0.29, 0.717) is 6.42 Å². The van der Waals surface area contributed by atoms with Crippen LogP contribution in [0, 0.1) is 6.92 Å². The number of pyridine rings is 1. The molecule has 0 radical (unpaired) electrons. The number of fused-ring (bicyclic) bond motifs is 3. The second kappa shape index (κ2) is 11.7. The molecule has 0 fully saturated rings. The van der Waals surface area contributed by atoms with Crippen LogP contribution in [0.5, 0.6) is 0 Å². The van der Waals surface area contributed by atoms with E-state index in [1.54, 1.807) is 0 Å². The molecule has 0 aliphatic rings. The van der Waals surface area contributed by atoms with Crippen molar-refractivity contribution in [2.75, 3.05) is 13.1 Å². The Balaban J connectivity index is 1.74. The Bertz CT molecular complexity index is 1330. The van der Waals surface area contributed by atoms with Gasteiger partial charge >= 0.3 is 0 Å². The van der Waals surface area contributed by atoms with E-state index in [2.05, 4.69) is 90.1 Å². The maximum absolute atomic E-state index is 6.55. The van der Waals surface area contributed by atoms with Crippen LogP contribution in [0.1, 0.15) is 57.0 Å². The van der Waals surface area contributed by atoms with Crippen molar-refractivity contribution in [2.45, 2.75) is 59.9 Å². The fraction of sp³-hybridized carbons (Fsp3) is 0.379. The van der Waals surface area contributed by atoms with Crippen molar-refractivity contribution in [3.63, 3.8) is 0 Å². The van der Waals surface area contributed by atoms with Gasteiger partial charge in [-0.25, -0.2) is 9.97 Å². The van der Waals surface area contributed by atoms with Crippen molar-refractivity contribution in [1.82, 2.24) is 23.8 Å². The highest BCUT2D eigenvalue weighted by Crippen LogP contribution is 2.30. The summed E-state index contributed by atoms with van der Waals surface area (Å²) in [6, 6.07) is 14.9. The number of imidazole rings is 2. The van der Waals surface area contributed by atoms with Crippen molar-refractivity contribution < 1.29 is 0 Å². The molecule has 5 nitrogen and oxygen atoms in total. The van der Waals surface area contributed by atoms with Crippen molar-refractivity contribution in [2.24, 2.45) is 0 Å². The number of allylic oxidation sites excluding steroid dienone is 4. The molecular weight excluding hydrogens is 454 g/mol. The largest absolute Gasteiger partial charge is 0.297 e. The molecule has 4 rings (SSSR count). The molecule has 0 unspecified atom stereocenters. The van der Waals surface area contributed by atoms with Gasteiger partial charge in [-0.2, -0.15) is 0 Å². The van der Waals surface area contributed by atoms with Gasteiger partial charge in [-0.05, 0) is 57.4 Å². The quantitative estimate of drug-likeness (QED) is 0.223. The fourth-order valence-corrected chi connectivity index (χ4v) is 5.03. The standard InChI is InChI=1S/C29H36ClN5/c1-5-12-24(30)20-25(7-3)34-28-26(15-11-17-31-28)35-27(22(4)32-29(34)35)21-33(18-6-2)19-16-23-13-9-8-10-14-23/h7-15,17H,5-6,16,18-21H2,1-4H3/b24-12+,25-7+. The smallest absolute Gasteiger partial charge is 0.221 e. The Morgan fingerprint density at radius 1 is 1.09 bits per heavy atom. The van der Waals surface area contributed by atoms with E-state index >= 15 is 0 Å². The third kappa shape index (κ3) is 5.52. The minimum Gasteiger partial charge on any atom is -0.297 e. The van der Waals surface area contributed by atoms with Gasteiger partial charge in [-0.15, -0.1) is 0 Å². The minimum absolute atomic E-state index is 0.655. The first-order valence-electron chi connectivity index (χ1n) is 12.7. The lowest BCUT2D eigenvalue weighted by atomic mass is 10.1. The van der Waals surface area contributed by atoms with Crippen LogP contribution in [0.25, 0.3) is 22.6 Å². The lowest BCUT2D eigenvalue weighted by Crippen LogP contribution is -2.27. The first-order chi connectivity index (χ1) is 17.1. The van der Waals surface area contributed by atoms with Crippen LogP contribution in [0.3, 0.4) is 0 Å². The number of hydrogen-bond acceptors (Lipinski definition) is 3. The van der Waals surface area contributed by atoms with Crippen LogP contribution in [0.15, 0.2) is 65.8 Å². The lowest BCUT2D eigenvalue weighted by molar-refractivity contribution is 0.265. The van der Waals surface area contributed by atoms with Gasteiger partial charge in [-0.1, -0.05) is 67.9 Å². The average Bonchev–Trinajstić information content (AvgIpc) is 3.35. The number of rotatable bonds is 11. The van der Waals surface area contributed by atoms with Gasteiger partial charge in [0, 0.05) is 36.4 Å². The van der Waals surface area contributed by atoms with Crippen molar-refractivity contribution in [3.8, 4) is 0 Å². The van der Waals surface area contributed by atoms with Crippen LogP contribution in [0.4, 0.5) is 0 Å². The Labute approximate surface area is 213 Å². The van der Waals surface area contributed by atoms with Gasteiger partial charge in [-0.3, -0.25) is 13.9 Å². The summed E-state index contributed by atoms with van der Waals surface area (Å²) in [5, 5.41) is 0.843. The zero-order chi connectivity index (χ0) is 24.8. The van der Waals surface area contributed by atoms with Crippen LogP contribution in [-0.4, -0.2) is 36.9 Å². The summed E-state index contributed by atoms with van der Waals surface area (Å²) in [7, 11) is 0. The summed E-state index contributed by atoms with van der Waals surface area (Å²) in [4.78, 5) is 12.4. The normalized spacial score (nSPS) is 13.0. The average molecular weight is 490 g/mol. The highest BCUT2D eigenvalue weighted by Gasteiger charge is 2.22. The third-order valence-electron chi connectivity index (χ3n) is 6.44. The molecule has 0 spiro atoms. The monoisotopic (exact) mass is 489 g/mol. The molecule has 0 aliphatic heterocycles.